The second-order valence-corrected chi connectivity index (χ2v) is 4.11. The summed E-state index contributed by atoms with van der Waals surface area (Å²) in [5.74, 6) is 0.0226. The van der Waals surface area contributed by atoms with Crippen LogP contribution >= 0.6 is 24.8 Å². The lowest BCUT2D eigenvalue weighted by Gasteiger charge is -2.03. The zero-order valence-corrected chi connectivity index (χ0v) is 9.79. The van der Waals surface area contributed by atoms with Crippen molar-refractivity contribution in [1.29, 1.82) is 0 Å². The molecule has 1 rings (SSSR count). The number of rotatable bonds is 3. The molecule has 0 aromatic rings. The largest absolute Gasteiger partial charge is 0.516 e. The monoisotopic (exact) mass is 247 g/mol. The summed E-state index contributed by atoms with van der Waals surface area (Å²) in [7, 11) is 0. The maximum Gasteiger partial charge on any atom is 0.516 e. The van der Waals surface area contributed by atoms with Gasteiger partial charge in [0.05, 0.1) is 6.54 Å². The molecule has 1 N–H and O–H groups in total. The zero-order chi connectivity index (χ0) is 11.4. The van der Waals surface area contributed by atoms with Crippen molar-refractivity contribution in [2.45, 2.75) is 13.1 Å². The van der Waals surface area contributed by atoms with E-state index in [1.807, 2.05) is 0 Å². The van der Waals surface area contributed by atoms with Crippen LogP contribution in [0.1, 0.15) is 6.92 Å². The molecule has 82 valence electrons. The van der Waals surface area contributed by atoms with Crippen molar-refractivity contribution in [3.63, 3.8) is 0 Å². The molecule has 0 radical (unpaired) electrons. The van der Waals surface area contributed by atoms with Gasteiger partial charge in [-0.15, -0.1) is 17.2 Å². The summed E-state index contributed by atoms with van der Waals surface area (Å²) in [5, 5.41) is 13.4. The summed E-state index contributed by atoms with van der Waals surface area (Å²) in [6, 6.07) is 0. The molecule has 0 aromatic carbocycles. The number of thiocarbonyl (C=S) groups is 1. The summed E-state index contributed by atoms with van der Waals surface area (Å²) in [6.45, 7) is 2.78. The predicted octanol–water partition coefficient (Wildman–Crippen LogP) is -0.0912. The molecule has 1 aliphatic rings. The second-order valence-electron chi connectivity index (χ2n) is 2.95. The standard InChI is InChI=1S/C7H10N4O2S2/c1-5-9-4-6(11(12)13)10(5)3-2-8-7(14)15/h4-5H,2-3H2,1H3,(H-,8,14,15)/p+1. The second kappa shape index (κ2) is 5.17. The van der Waals surface area contributed by atoms with E-state index >= 15 is 0 Å². The summed E-state index contributed by atoms with van der Waals surface area (Å²) in [6.07, 6.45) is 1.09. The SMILES string of the molecule is CC1N=CC([N+](=O)[O-])=[N+]1CCNC(=S)S. The summed E-state index contributed by atoms with van der Waals surface area (Å²) >= 11 is 8.60. The molecule has 1 heterocycles. The van der Waals surface area contributed by atoms with Gasteiger partial charge >= 0.3 is 5.84 Å². The molecular weight excluding hydrogens is 236 g/mol. The van der Waals surface area contributed by atoms with Crippen molar-refractivity contribution in [1.82, 2.24) is 5.32 Å². The lowest BCUT2D eigenvalue weighted by molar-refractivity contribution is -0.592. The van der Waals surface area contributed by atoms with Crippen LogP contribution in [-0.4, -0.2) is 45.1 Å². The fourth-order valence-electron chi connectivity index (χ4n) is 1.26. The topological polar surface area (TPSA) is 70.5 Å². The minimum Gasteiger partial charge on any atom is -0.365 e. The highest BCUT2D eigenvalue weighted by Gasteiger charge is 2.34. The van der Waals surface area contributed by atoms with E-state index in [9.17, 15) is 10.1 Å². The molecule has 0 saturated carbocycles. The van der Waals surface area contributed by atoms with Gasteiger partial charge < -0.3 is 5.32 Å². The number of nitro groups is 1. The third kappa shape index (κ3) is 3.24. The average Bonchev–Trinajstić information content (AvgIpc) is 2.47. The highest BCUT2D eigenvalue weighted by atomic mass is 32.1. The Morgan fingerprint density at radius 1 is 1.93 bits per heavy atom. The van der Waals surface area contributed by atoms with Gasteiger partial charge in [0.25, 0.3) is 0 Å². The van der Waals surface area contributed by atoms with Crippen molar-refractivity contribution >= 4 is 41.2 Å². The van der Waals surface area contributed by atoms with E-state index in [2.05, 4.69) is 22.9 Å². The quantitative estimate of drug-likeness (QED) is 0.240. The Bertz CT molecular complexity index is 353. The number of hydrogen-bond donors (Lipinski definition) is 2. The van der Waals surface area contributed by atoms with Crippen LogP contribution in [0.4, 0.5) is 0 Å². The van der Waals surface area contributed by atoms with E-state index in [1.165, 1.54) is 6.21 Å². The van der Waals surface area contributed by atoms with Crippen LogP contribution in [0, 0.1) is 10.1 Å². The molecule has 1 unspecified atom stereocenters. The first-order valence-electron chi connectivity index (χ1n) is 4.30. The smallest absolute Gasteiger partial charge is 0.365 e. The Balaban J connectivity index is 2.62. The minimum atomic E-state index is -0.438. The Labute approximate surface area is 97.6 Å². The van der Waals surface area contributed by atoms with Crippen LogP contribution in [0.5, 0.6) is 0 Å². The normalized spacial score (nSPS) is 19.5. The first kappa shape index (κ1) is 12.1. The summed E-state index contributed by atoms with van der Waals surface area (Å²) in [5.41, 5.74) is 0. The van der Waals surface area contributed by atoms with Gasteiger partial charge in [0.2, 0.25) is 6.17 Å². The number of thiol groups is 1. The zero-order valence-electron chi connectivity index (χ0n) is 8.08. The molecule has 1 atom stereocenters. The van der Waals surface area contributed by atoms with Crippen LogP contribution < -0.4 is 5.32 Å². The first-order chi connectivity index (χ1) is 7.02. The maximum absolute atomic E-state index is 10.6. The molecule has 0 bridgehead atoms. The van der Waals surface area contributed by atoms with Crippen LogP contribution in [0.3, 0.4) is 0 Å². The Hall–Kier alpha value is -1.02. The van der Waals surface area contributed by atoms with Crippen LogP contribution in [0.15, 0.2) is 4.99 Å². The van der Waals surface area contributed by atoms with Gasteiger partial charge in [0.1, 0.15) is 9.24 Å². The van der Waals surface area contributed by atoms with Crippen molar-refractivity contribution in [2.24, 2.45) is 4.99 Å². The molecule has 0 amide bonds. The Kier molecular flexibility index (Phi) is 4.15. The molecule has 0 aromatic heterocycles. The number of aliphatic imine (C=N–C) groups is 1. The number of amidine groups is 1. The molecular formula is C7H11N4O2S2+. The Morgan fingerprint density at radius 2 is 2.60 bits per heavy atom. The first-order valence-corrected chi connectivity index (χ1v) is 5.16. The number of hydrogen-bond acceptors (Lipinski definition) is 4. The predicted molar refractivity (Wildman–Crippen MR) is 64.7 cm³/mol. The van der Waals surface area contributed by atoms with Gasteiger partial charge in [-0.05, 0) is 0 Å². The number of nitrogens with zero attached hydrogens (tertiary/aromatic N) is 3. The van der Waals surface area contributed by atoms with Gasteiger partial charge in [-0.1, -0.05) is 12.2 Å². The van der Waals surface area contributed by atoms with E-state index in [1.54, 1.807) is 11.5 Å². The van der Waals surface area contributed by atoms with E-state index in [-0.39, 0.29) is 12.0 Å². The molecule has 1 aliphatic heterocycles. The lowest BCUT2D eigenvalue weighted by Crippen LogP contribution is -2.34. The maximum atomic E-state index is 10.6. The molecule has 8 heteroatoms. The lowest BCUT2D eigenvalue weighted by atomic mass is 10.5. The van der Waals surface area contributed by atoms with Crippen molar-refractivity contribution in [2.75, 3.05) is 13.1 Å². The molecule has 0 aliphatic carbocycles. The molecule has 6 nitrogen and oxygen atoms in total. The molecule has 15 heavy (non-hydrogen) atoms. The Morgan fingerprint density at radius 3 is 3.13 bits per heavy atom. The third-order valence-electron chi connectivity index (χ3n) is 1.97. The van der Waals surface area contributed by atoms with Crippen LogP contribution in [0.2, 0.25) is 0 Å². The fourth-order valence-corrected chi connectivity index (χ4v) is 1.47. The highest BCUT2D eigenvalue weighted by molar-refractivity contribution is 8.11. The van der Waals surface area contributed by atoms with Crippen molar-refractivity contribution in [3.8, 4) is 0 Å². The van der Waals surface area contributed by atoms with Crippen LogP contribution in [0.25, 0.3) is 0 Å². The van der Waals surface area contributed by atoms with Crippen molar-refractivity contribution < 1.29 is 9.50 Å². The molecule has 0 spiro atoms. The summed E-state index contributed by atoms with van der Waals surface area (Å²) in [4.78, 5) is 14.2. The third-order valence-corrected chi connectivity index (χ3v) is 2.27. The van der Waals surface area contributed by atoms with Crippen molar-refractivity contribution in [3.05, 3.63) is 10.1 Å². The van der Waals surface area contributed by atoms with Gasteiger partial charge in [-0.2, -0.15) is 0 Å². The van der Waals surface area contributed by atoms with Gasteiger partial charge in [-0.25, -0.2) is 4.99 Å². The van der Waals surface area contributed by atoms with Gasteiger partial charge in [0, 0.05) is 6.92 Å². The van der Waals surface area contributed by atoms with Gasteiger partial charge in [-0.3, -0.25) is 10.1 Å². The van der Waals surface area contributed by atoms with E-state index < -0.39 is 4.92 Å². The molecule has 0 fully saturated rings. The van der Waals surface area contributed by atoms with Gasteiger partial charge in [0.15, 0.2) is 12.8 Å². The molecule has 0 saturated heterocycles. The van der Waals surface area contributed by atoms with E-state index in [0.29, 0.717) is 17.4 Å². The fraction of sp³-hybridized carbons (Fsp3) is 0.571. The van der Waals surface area contributed by atoms with Crippen LogP contribution in [-0.2, 0) is 0 Å². The number of nitrogens with one attached hydrogen (secondary N) is 1. The van der Waals surface area contributed by atoms with E-state index in [0.717, 1.165) is 0 Å². The minimum absolute atomic E-state index is 0.0226. The van der Waals surface area contributed by atoms with E-state index in [4.69, 9.17) is 12.2 Å². The highest BCUT2D eigenvalue weighted by Crippen LogP contribution is 2.00. The summed E-state index contributed by atoms with van der Waals surface area (Å²) < 4.78 is 1.98. The average molecular weight is 247 g/mol.